The van der Waals surface area contributed by atoms with Gasteiger partial charge in [-0.3, -0.25) is 0 Å². The van der Waals surface area contributed by atoms with Crippen molar-refractivity contribution >= 4 is 15.4 Å². The third kappa shape index (κ3) is 1.76. The van der Waals surface area contributed by atoms with E-state index in [4.69, 9.17) is 11.8 Å². The molecular weight excluding hydrogens is 260 g/mol. The molecule has 0 atom stereocenters. The van der Waals surface area contributed by atoms with Crippen LogP contribution in [-0.4, -0.2) is 8.42 Å². The van der Waals surface area contributed by atoms with Crippen LogP contribution in [0.25, 0.3) is 10.4 Å². The number of benzene rings is 1. The van der Waals surface area contributed by atoms with Gasteiger partial charge in [0.15, 0.2) is 0 Å². The van der Waals surface area contributed by atoms with Crippen LogP contribution in [0.3, 0.4) is 0 Å². The molecule has 5 heteroatoms. The summed E-state index contributed by atoms with van der Waals surface area (Å²) in [6.07, 6.45) is 0. The first-order chi connectivity index (χ1) is 8.95. The smallest absolute Gasteiger partial charge is 0.226 e. The molecule has 0 aliphatic carbocycles. The average molecular weight is 270 g/mol. The van der Waals surface area contributed by atoms with Gasteiger partial charge >= 0.3 is 0 Å². The van der Waals surface area contributed by atoms with Crippen LogP contribution in [0.4, 0.5) is 0 Å². The van der Waals surface area contributed by atoms with Crippen molar-refractivity contribution < 1.29 is 8.42 Å². The maximum atomic E-state index is 12.5. The summed E-state index contributed by atoms with van der Waals surface area (Å²) in [5, 5.41) is 9.04. The topological polar surface area (TPSA) is 62.3 Å². The fraction of sp³-hybridized carbons (Fsp3) is 0.143. The molecule has 0 spiro atoms. The SMILES string of the molecule is [C-]#[N+]/C(C#N)=C1\C(=C(C)C)S(=O)(=O)c2ccccc21. The minimum absolute atomic E-state index is 0.0845. The van der Waals surface area contributed by atoms with Gasteiger partial charge in [-0.05, 0) is 25.5 Å². The van der Waals surface area contributed by atoms with E-state index in [9.17, 15) is 8.42 Å². The minimum Gasteiger partial charge on any atom is -0.226 e. The lowest BCUT2D eigenvalue weighted by molar-refractivity contribution is 0.604. The Morgan fingerprint density at radius 2 is 1.95 bits per heavy atom. The van der Waals surface area contributed by atoms with Gasteiger partial charge in [0.05, 0.1) is 22.4 Å². The quantitative estimate of drug-likeness (QED) is 0.538. The van der Waals surface area contributed by atoms with Gasteiger partial charge in [-0.15, -0.1) is 0 Å². The van der Waals surface area contributed by atoms with Crippen molar-refractivity contribution in [2.24, 2.45) is 0 Å². The molecule has 1 aliphatic heterocycles. The zero-order valence-corrected chi connectivity index (χ0v) is 11.2. The first kappa shape index (κ1) is 13.1. The molecule has 0 aromatic heterocycles. The lowest BCUT2D eigenvalue weighted by Gasteiger charge is -2.03. The molecule has 0 N–H and O–H groups in total. The molecule has 0 saturated carbocycles. The van der Waals surface area contributed by atoms with Crippen molar-refractivity contribution in [3.8, 4) is 6.07 Å². The van der Waals surface area contributed by atoms with Gasteiger partial charge in [0.1, 0.15) is 0 Å². The van der Waals surface area contributed by atoms with Gasteiger partial charge in [-0.2, -0.15) is 0 Å². The Balaban J connectivity index is 3.06. The summed E-state index contributed by atoms with van der Waals surface area (Å²) < 4.78 is 24.9. The second-order valence-corrected chi connectivity index (χ2v) is 6.13. The normalized spacial score (nSPS) is 18.2. The Morgan fingerprint density at radius 3 is 2.47 bits per heavy atom. The standard InChI is InChI=1S/C14H10N2O2S/c1-9(2)14-13(11(8-15)16-3)10-6-4-5-7-12(10)19(14,17)18/h4-7H,1-2H3/b13-11-. The molecule has 0 fully saturated rings. The summed E-state index contributed by atoms with van der Waals surface area (Å²) in [5.74, 6) is 0. The van der Waals surface area contributed by atoms with Crippen molar-refractivity contribution in [1.82, 2.24) is 0 Å². The highest BCUT2D eigenvalue weighted by Crippen LogP contribution is 2.45. The number of nitrogens with zero attached hydrogens (tertiary/aromatic N) is 2. The predicted octanol–water partition coefficient (Wildman–Crippen LogP) is 2.92. The highest BCUT2D eigenvalue weighted by atomic mass is 32.2. The lowest BCUT2D eigenvalue weighted by Crippen LogP contribution is -1.99. The molecule has 1 aromatic carbocycles. The van der Waals surface area contributed by atoms with E-state index in [1.807, 2.05) is 0 Å². The molecule has 1 heterocycles. The monoisotopic (exact) mass is 270 g/mol. The first-order valence-corrected chi connectivity index (χ1v) is 6.97. The molecule has 1 aromatic rings. The van der Waals surface area contributed by atoms with Gasteiger partial charge < -0.3 is 0 Å². The van der Waals surface area contributed by atoms with Gasteiger partial charge in [-0.25, -0.2) is 18.5 Å². The summed E-state index contributed by atoms with van der Waals surface area (Å²) in [4.78, 5) is 3.40. The molecule has 4 nitrogen and oxygen atoms in total. The van der Waals surface area contributed by atoms with E-state index in [1.54, 1.807) is 38.1 Å². The van der Waals surface area contributed by atoms with Crippen LogP contribution < -0.4 is 0 Å². The van der Waals surface area contributed by atoms with Gasteiger partial charge in [-0.1, -0.05) is 23.8 Å². The average Bonchev–Trinajstić information content (AvgIpc) is 2.61. The fourth-order valence-electron chi connectivity index (χ4n) is 2.16. The number of rotatable bonds is 0. The van der Waals surface area contributed by atoms with Crippen LogP contribution in [-0.2, 0) is 9.84 Å². The summed E-state index contributed by atoms with van der Waals surface area (Å²) in [7, 11) is -3.63. The highest BCUT2D eigenvalue weighted by Gasteiger charge is 2.38. The number of sulfone groups is 1. The Kier molecular flexibility index (Phi) is 3.01. The summed E-state index contributed by atoms with van der Waals surface area (Å²) in [6.45, 7) is 10.4. The van der Waals surface area contributed by atoms with Crippen molar-refractivity contribution in [1.29, 1.82) is 5.26 Å². The molecule has 0 bridgehead atoms. The maximum Gasteiger partial charge on any atom is 0.270 e. The third-order valence-corrected chi connectivity index (χ3v) is 4.94. The number of fused-ring (bicyclic) bond motifs is 1. The number of hydrogen-bond acceptors (Lipinski definition) is 3. The number of allylic oxidation sites excluding steroid dienone is 3. The zero-order chi connectivity index (χ0) is 14.2. The minimum atomic E-state index is -3.63. The molecule has 0 unspecified atom stereocenters. The van der Waals surface area contributed by atoms with Crippen LogP contribution >= 0.6 is 0 Å². The second-order valence-electron chi connectivity index (χ2n) is 4.28. The van der Waals surface area contributed by atoms with E-state index < -0.39 is 9.84 Å². The fourth-order valence-corrected chi connectivity index (χ4v) is 4.11. The van der Waals surface area contributed by atoms with Crippen LogP contribution in [0, 0.1) is 17.9 Å². The highest BCUT2D eigenvalue weighted by molar-refractivity contribution is 7.96. The molecule has 0 amide bonds. The number of hydrogen-bond donors (Lipinski definition) is 0. The molecule has 2 rings (SSSR count). The van der Waals surface area contributed by atoms with Gasteiger partial charge in [0.25, 0.3) is 5.70 Å². The predicted molar refractivity (Wildman–Crippen MR) is 71.1 cm³/mol. The van der Waals surface area contributed by atoms with E-state index in [0.717, 1.165) is 0 Å². The van der Waals surface area contributed by atoms with E-state index in [-0.39, 0.29) is 21.1 Å². The second kappa shape index (κ2) is 4.38. The first-order valence-electron chi connectivity index (χ1n) is 5.49. The van der Waals surface area contributed by atoms with E-state index in [0.29, 0.717) is 11.1 Å². The Hall–Kier alpha value is -2.37. The van der Waals surface area contributed by atoms with Gasteiger partial charge in [0, 0.05) is 5.57 Å². The van der Waals surface area contributed by atoms with Crippen molar-refractivity contribution in [2.45, 2.75) is 18.7 Å². The molecule has 19 heavy (non-hydrogen) atoms. The molecule has 94 valence electrons. The Bertz CT molecular complexity index is 796. The number of nitriles is 1. The Labute approximate surface area is 112 Å². The van der Waals surface area contributed by atoms with Crippen molar-refractivity contribution in [2.75, 3.05) is 0 Å². The summed E-state index contributed by atoms with van der Waals surface area (Å²) >= 11 is 0. The third-order valence-electron chi connectivity index (χ3n) is 2.85. The molecular formula is C14H10N2O2S. The van der Waals surface area contributed by atoms with Crippen LogP contribution in [0.2, 0.25) is 0 Å². The van der Waals surface area contributed by atoms with Crippen LogP contribution in [0.5, 0.6) is 0 Å². The van der Waals surface area contributed by atoms with Crippen LogP contribution in [0.1, 0.15) is 19.4 Å². The summed E-state index contributed by atoms with van der Waals surface area (Å²) in [5.41, 5.74) is 1.05. The molecule has 0 saturated heterocycles. The summed E-state index contributed by atoms with van der Waals surface area (Å²) in [6, 6.07) is 8.24. The van der Waals surface area contributed by atoms with Crippen LogP contribution in [0.15, 0.2) is 45.3 Å². The maximum absolute atomic E-state index is 12.5. The van der Waals surface area contributed by atoms with Gasteiger partial charge in [0.2, 0.25) is 9.84 Å². The lowest BCUT2D eigenvalue weighted by atomic mass is 10.0. The largest absolute Gasteiger partial charge is 0.270 e. The molecule has 1 aliphatic rings. The molecule has 0 radical (unpaired) electrons. The van der Waals surface area contributed by atoms with E-state index in [2.05, 4.69) is 4.85 Å². The van der Waals surface area contributed by atoms with Crippen molar-refractivity contribution in [3.63, 3.8) is 0 Å². The van der Waals surface area contributed by atoms with E-state index >= 15 is 0 Å². The zero-order valence-electron chi connectivity index (χ0n) is 10.4. The van der Waals surface area contributed by atoms with Crippen molar-refractivity contribution in [3.05, 3.63) is 57.4 Å². The van der Waals surface area contributed by atoms with E-state index in [1.165, 1.54) is 6.07 Å². The Morgan fingerprint density at radius 1 is 1.32 bits per heavy atom.